The summed E-state index contributed by atoms with van der Waals surface area (Å²) in [5.41, 5.74) is 2.84. The lowest BCUT2D eigenvalue weighted by atomic mass is 10.1. The molecular weight excluding hydrogens is 574 g/mol. The van der Waals surface area contributed by atoms with Gasteiger partial charge in [0.25, 0.3) is 5.91 Å². The summed E-state index contributed by atoms with van der Waals surface area (Å²) in [6.45, 7) is 2.06. The Balaban J connectivity index is 1.17. The predicted octanol–water partition coefficient (Wildman–Crippen LogP) is 5.87. The van der Waals surface area contributed by atoms with Crippen molar-refractivity contribution in [1.82, 2.24) is 9.88 Å². The molecular formula is C35H37N3O7. The average molecular weight is 612 g/mol. The summed E-state index contributed by atoms with van der Waals surface area (Å²) in [7, 11) is 8.39. The SMILES string of the molecule is COc1cc(CN(C)CCCOc2ccc(NC(=O)c3cccc4c(=O)c5cccc(OC)c5[nH]c34)cc2)cc(OC)c1OC. The number of ether oxygens (including phenoxy) is 5. The zero-order chi connectivity index (χ0) is 31.9. The summed E-state index contributed by atoms with van der Waals surface area (Å²) in [6, 6.07) is 21.5. The highest BCUT2D eigenvalue weighted by molar-refractivity contribution is 6.13. The first-order chi connectivity index (χ1) is 21.9. The van der Waals surface area contributed by atoms with Crippen LogP contribution in [0.1, 0.15) is 22.3 Å². The molecule has 4 aromatic carbocycles. The number of nitrogens with zero attached hydrogens (tertiary/aromatic N) is 1. The topological polar surface area (TPSA) is 111 Å². The van der Waals surface area contributed by atoms with E-state index in [1.165, 1.54) is 0 Å². The number of benzene rings is 4. The van der Waals surface area contributed by atoms with Crippen LogP contribution in [0.2, 0.25) is 0 Å². The number of carbonyl (C=O) groups is 1. The molecule has 0 saturated heterocycles. The Morgan fingerprint density at radius 1 is 0.800 bits per heavy atom. The molecule has 10 heteroatoms. The Kier molecular flexibility index (Phi) is 9.74. The van der Waals surface area contributed by atoms with E-state index in [1.54, 1.807) is 77.0 Å². The van der Waals surface area contributed by atoms with E-state index in [4.69, 9.17) is 23.7 Å². The summed E-state index contributed by atoms with van der Waals surface area (Å²) in [6.07, 6.45) is 0.818. The van der Waals surface area contributed by atoms with Gasteiger partial charge >= 0.3 is 0 Å². The van der Waals surface area contributed by atoms with Crippen molar-refractivity contribution >= 4 is 33.4 Å². The lowest BCUT2D eigenvalue weighted by Gasteiger charge is -2.19. The molecule has 10 nitrogen and oxygen atoms in total. The number of aromatic nitrogens is 1. The first-order valence-electron chi connectivity index (χ1n) is 14.5. The van der Waals surface area contributed by atoms with E-state index in [9.17, 15) is 9.59 Å². The van der Waals surface area contributed by atoms with Crippen LogP contribution in [0.5, 0.6) is 28.7 Å². The van der Waals surface area contributed by atoms with E-state index in [0.717, 1.165) is 18.5 Å². The normalized spacial score (nSPS) is 11.1. The number of para-hydroxylation sites is 2. The Hall–Kier alpha value is -5.22. The van der Waals surface area contributed by atoms with E-state index in [-0.39, 0.29) is 11.3 Å². The molecule has 5 aromatic rings. The van der Waals surface area contributed by atoms with Crippen LogP contribution < -0.4 is 34.4 Å². The summed E-state index contributed by atoms with van der Waals surface area (Å²) < 4.78 is 27.7. The summed E-state index contributed by atoms with van der Waals surface area (Å²) in [4.78, 5) is 31.9. The number of methoxy groups -OCH3 is 4. The first-order valence-corrected chi connectivity index (χ1v) is 14.5. The van der Waals surface area contributed by atoms with Crippen molar-refractivity contribution in [1.29, 1.82) is 0 Å². The van der Waals surface area contributed by atoms with Gasteiger partial charge in [0.2, 0.25) is 5.75 Å². The Morgan fingerprint density at radius 2 is 1.44 bits per heavy atom. The van der Waals surface area contributed by atoms with Gasteiger partial charge < -0.3 is 38.9 Å². The highest BCUT2D eigenvalue weighted by Gasteiger charge is 2.17. The second-order valence-corrected chi connectivity index (χ2v) is 10.5. The molecule has 0 aliphatic rings. The van der Waals surface area contributed by atoms with Crippen molar-refractivity contribution in [3.05, 3.63) is 94.1 Å². The Labute approximate surface area is 261 Å². The maximum absolute atomic E-state index is 13.3. The van der Waals surface area contributed by atoms with Crippen molar-refractivity contribution in [3.8, 4) is 28.7 Å². The van der Waals surface area contributed by atoms with Crippen LogP contribution in [0.15, 0.2) is 77.6 Å². The van der Waals surface area contributed by atoms with Gasteiger partial charge in [-0.05, 0) is 79.7 Å². The Bertz CT molecular complexity index is 1840. The second-order valence-electron chi connectivity index (χ2n) is 10.5. The molecule has 1 amide bonds. The van der Waals surface area contributed by atoms with Crippen molar-refractivity contribution in [2.24, 2.45) is 0 Å². The number of hydrogen-bond acceptors (Lipinski definition) is 8. The van der Waals surface area contributed by atoms with Gasteiger partial charge in [-0.3, -0.25) is 9.59 Å². The second kappa shape index (κ2) is 14.0. The minimum absolute atomic E-state index is 0.166. The third-order valence-electron chi connectivity index (χ3n) is 7.54. The third-order valence-corrected chi connectivity index (χ3v) is 7.54. The van der Waals surface area contributed by atoms with Crippen molar-refractivity contribution in [2.45, 2.75) is 13.0 Å². The summed E-state index contributed by atoms with van der Waals surface area (Å²) in [5, 5.41) is 3.85. The number of rotatable bonds is 13. The van der Waals surface area contributed by atoms with Crippen molar-refractivity contribution in [3.63, 3.8) is 0 Å². The number of carbonyl (C=O) groups excluding carboxylic acids is 1. The molecule has 1 heterocycles. The predicted molar refractivity (Wildman–Crippen MR) is 176 cm³/mol. The van der Waals surface area contributed by atoms with Gasteiger partial charge in [-0.25, -0.2) is 0 Å². The van der Waals surface area contributed by atoms with Gasteiger partial charge in [0, 0.05) is 29.5 Å². The van der Waals surface area contributed by atoms with Crippen LogP contribution in [-0.2, 0) is 6.54 Å². The Morgan fingerprint density at radius 3 is 2.09 bits per heavy atom. The average Bonchev–Trinajstić information content (AvgIpc) is 3.06. The number of fused-ring (bicyclic) bond motifs is 2. The fourth-order valence-corrected chi connectivity index (χ4v) is 5.33. The lowest BCUT2D eigenvalue weighted by molar-refractivity contribution is 0.102. The zero-order valence-corrected chi connectivity index (χ0v) is 26.1. The quantitative estimate of drug-likeness (QED) is 0.126. The number of H-pyrrole nitrogens is 1. The molecule has 0 atom stereocenters. The van der Waals surface area contributed by atoms with Gasteiger partial charge in [0.05, 0.1) is 51.6 Å². The molecule has 0 radical (unpaired) electrons. The van der Waals surface area contributed by atoms with Gasteiger partial charge in [0.15, 0.2) is 16.9 Å². The molecule has 0 fully saturated rings. The van der Waals surface area contributed by atoms with E-state index >= 15 is 0 Å². The molecule has 45 heavy (non-hydrogen) atoms. The largest absolute Gasteiger partial charge is 0.495 e. The van der Waals surface area contributed by atoms with Gasteiger partial charge in [-0.1, -0.05) is 12.1 Å². The van der Waals surface area contributed by atoms with Crippen LogP contribution in [0.3, 0.4) is 0 Å². The lowest BCUT2D eigenvalue weighted by Crippen LogP contribution is -2.21. The minimum atomic E-state index is -0.339. The maximum atomic E-state index is 13.3. The third kappa shape index (κ3) is 6.81. The molecule has 0 unspecified atom stereocenters. The molecule has 0 aliphatic heterocycles. The van der Waals surface area contributed by atoms with Gasteiger partial charge in [-0.2, -0.15) is 0 Å². The van der Waals surface area contributed by atoms with Crippen molar-refractivity contribution in [2.75, 3.05) is 54.0 Å². The first kappa shape index (κ1) is 31.2. The molecule has 0 spiro atoms. The van der Waals surface area contributed by atoms with Gasteiger partial charge in [-0.15, -0.1) is 0 Å². The van der Waals surface area contributed by atoms with Crippen LogP contribution >= 0.6 is 0 Å². The fourth-order valence-electron chi connectivity index (χ4n) is 5.33. The molecule has 2 N–H and O–H groups in total. The molecule has 0 bridgehead atoms. The van der Waals surface area contributed by atoms with Crippen LogP contribution in [-0.4, -0.2) is 64.4 Å². The molecule has 1 aromatic heterocycles. The van der Waals surface area contributed by atoms with Gasteiger partial charge in [0.1, 0.15) is 11.5 Å². The number of nitrogens with one attached hydrogen (secondary N) is 2. The van der Waals surface area contributed by atoms with E-state index in [0.29, 0.717) is 75.0 Å². The molecule has 234 valence electrons. The summed E-state index contributed by atoms with van der Waals surface area (Å²) in [5.74, 6) is 2.73. The molecule has 0 aliphatic carbocycles. The smallest absolute Gasteiger partial charge is 0.257 e. The standard InChI is InChI=1S/C35H37N3O7/c1-38(21-22-19-29(42-3)34(44-5)30(20-22)43-4)17-8-18-45-24-15-13-23(14-16-24)36-35(40)27-11-6-9-25-31(27)37-32-26(33(25)39)10-7-12-28(32)41-2/h6-7,9-16,19-20H,8,17-18,21H2,1-5H3,(H,36,40)(H,37,39). The number of hydrogen-bond donors (Lipinski definition) is 2. The van der Waals surface area contributed by atoms with E-state index in [1.807, 2.05) is 31.3 Å². The number of pyridine rings is 1. The van der Waals surface area contributed by atoms with E-state index < -0.39 is 0 Å². The summed E-state index contributed by atoms with van der Waals surface area (Å²) >= 11 is 0. The van der Waals surface area contributed by atoms with Crippen molar-refractivity contribution < 1.29 is 28.5 Å². The number of amides is 1. The molecule has 5 rings (SSSR count). The van der Waals surface area contributed by atoms with Crippen LogP contribution in [0, 0.1) is 0 Å². The fraction of sp³-hybridized carbons (Fsp3) is 0.257. The highest BCUT2D eigenvalue weighted by Crippen LogP contribution is 2.38. The maximum Gasteiger partial charge on any atom is 0.257 e. The minimum Gasteiger partial charge on any atom is -0.495 e. The number of anilines is 1. The highest BCUT2D eigenvalue weighted by atomic mass is 16.5. The number of aromatic amines is 1. The van der Waals surface area contributed by atoms with Crippen LogP contribution in [0.4, 0.5) is 5.69 Å². The molecule has 0 saturated carbocycles. The van der Waals surface area contributed by atoms with E-state index in [2.05, 4.69) is 15.2 Å². The van der Waals surface area contributed by atoms with Crippen LogP contribution in [0.25, 0.3) is 21.8 Å². The zero-order valence-electron chi connectivity index (χ0n) is 26.1. The monoisotopic (exact) mass is 611 g/mol.